The van der Waals surface area contributed by atoms with Gasteiger partial charge in [0.25, 0.3) is 0 Å². The largest absolute Gasteiger partial charge is 0.492 e. The molecule has 0 radical (unpaired) electrons. The summed E-state index contributed by atoms with van der Waals surface area (Å²) >= 11 is 6.39. The van der Waals surface area contributed by atoms with Crippen LogP contribution in [0.15, 0.2) is 30.5 Å². The SMILES string of the molecule is CCc1cc(NC(=O)C(=O)N2C[C@@H](C)CC[C@@H]2c2cc(Cl)cc(OCCN(C)C)c2)cnc1N. The van der Waals surface area contributed by atoms with Crippen LogP contribution in [0.2, 0.25) is 5.02 Å². The van der Waals surface area contributed by atoms with Crippen LogP contribution in [0.4, 0.5) is 11.5 Å². The Hall–Kier alpha value is -2.84. The first-order valence-electron chi connectivity index (χ1n) is 11.6. The lowest BCUT2D eigenvalue weighted by Crippen LogP contribution is -2.46. The predicted molar refractivity (Wildman–Crippen MR) is 135 cm³/mol. The lowest BCUT2D eigenvalue weighted by atomic mass is 9.89. The molecule has 0 unspecified atom stereocenters. The summed E-state index contributed by atoms with van der Waals surface area (Å²) in [6.07, 6.45) is 3.82. The molecule has 0 aliphatic carbocycles. The molecular formula is C25H34ClN5O3. The molecule has 2 amide bonds. The summed E-state index contributed by atoms with van der Waals surface area (Å²) in [5, 5.41) is 3.22. The third-order valence-electron chi connectivity index (χ3n) is 6.00. The topological polar surface area (TPSA) is 101 Å². The van der Waals surface area contributed by atoms with Gasteiger partial charge < -0.3 is 25.6 Å². The second-order valence-electron chi connectivity index (χ2n) is 9.10. The molecule has 1 aliphatic rings. The molecule has 0 spiro atoms. The van der Waals surface area contributed by atoms with Gasteiger partial charge in [0.1, 0.15) is 18.2 Å². The average molecular weight is 488 g/mol. The van der Waals surface area contributed by atoms with Crippen molar-refractivity contribution in [1.82, 2.24) is 14.8 Å². The van der Waals surface area contributed by atoms with Crippen molar-refractivity contribution in [2.45, 2.75) is 39.2 Å². The van der Waals surface area contributed by atoms with Crippen molar-refractivity contribution >= 4 is 34.9 Å². The number of nitrogen functional groups attached to an aromatic ring is 1. The third kappa shape index (κ3) is 6.61. The van der Waals surface area contributed by atoms with Gasteiger partial charge in [0.2, 0.25) is 0 Å². The van der Waals surface area contributed by atoms with Gasteiger partial charge in [-0.25, -0.2) is 4.98 Å². The second-order valence-corrected chi connectivity index (χ2v) is 9.54. The van der Waals surface area contributed by atoms with Crippen molar-refractivity contribution in [3.63, 3.8) is 0 Å². The zero-order chi connectivity index (χ0) is 24.8. The summed E-state index contributed by atoms with van der Waals surface area (Å²) in [5.41, 5.74) is 7.98. The van der Waals surface area contributed by atoms with E-state index < -0.39 is 11.8 Å². The number of carbonyl (C=O) groups is 2. The third-order valence-corrected chi connectivity index (χ3v) is 6.22. The van der Waals surface area contributed by atoms with Gasteiger partial charge in [-0.3, -0.25) is 9.59 Å². The van der Waals surface area contributed by atoms with Gasteiger partial charge in [-0.15, -0.1) is 0 Å². The van der Waals surface area contributed by atoms with Crippen molar-refractivity contribution in [3.05, 3.63) is 46.6 Å². The van der Waals surface area contributed by atoms with Crippen molar-refractivity contribution < 1.29 is 14.3 Å². The van der Waals surface area contributed by atoms with Crippen LogP contribution in [0.3, 0.4) is 0 Å². The molecule has 34 heavy (non-hydrogen) atoms. The number of benzene rings is 1. The van der Waals surface area contributed by atoms with Crippen LogP contribution in [0, 0.1) is 5.92 Å². The van der Waals surface area contributed by atoms with Gasteiger partial charge >= 0.3 is 11.8 Å². The van der Waals surface area contributed by atoms with Gasteiger partial charge in [-0.1, -0.05) is 25.4 Å². The Morgan fingerprint density at radius 3 is 2.74 bits per heavy atom. The quantitative estimate of drug-likeness (QED) is 0.577. The highest BCUT2D eigenvalue weighted by Gasteiger charge is 2.34. The molecule has 1 aliphatic heterocycles. The molecule has 2 heterocycles. The molecule has 184 valence electrons. The highest BCUT2D eigenvalue weighted by molar-refractivity contribution is 6.39. The fourth-order valence-electron chi connectivity index (χ4n) is 4.12. The van der Waals surface area contributed by atoms with Crippen molar-refractivity contribution in [2.24, 2.45) is 5.92 Å². The van der Waals surface area contributed by atoms with E-state index in [1.54, 1.807) is 17.0 Å². The zero-order valence-corrected chi connectivity index (χ0v) is 21.1. The number of ether oxygens (including phenoxy) is 1. The first-order chi connectivity index (χ1) is 16.2. The molecule has 3 N–H and O–H groups in total. The summed E-state index contributed by atoms with van der Waals surface area (Å²) in [6.45, 7) is 5.82. The minimum atomic E-state index is -0.697. The smallest absolute Gasteiger partial charge is 0.313 e. The molecule has 1 aromatic carbocycles. The van der Waals surface area contributed by atoms with Crippen LogP contribution < -0.4 is 15.8 Å². The maximum atomic E-state index is 13.3. The highest BCUT2D eigenvalue weighted by atomic mass is 35.5. The van der Waals surface area contributed by atoms with E-state index in [-0.39, 0.29) is 12.0 Å². The Kier molecular flexibility index (Phi) is 8.74. The normalized spacial score (nSPS) is 18.1. The maximum Gasteiger partial charge on any atom is 0.313 e. The molecule has 0 saturated carbocycles. The van der Waals surface area contributed by atoms with E-state index >= 15 is 0 Å². The maximum absolute atomic E-state index is 13.3. The number of aryl methyl sites for hydroxylation is 1. The number of nitrogens with one attached hydrogen (secondary N) is 1. The minimum Gasteiger partial charge on any atom is -0.492 e. The number of aromatic nitrogens is 1. The Morgan fingerprint density at radius 1 is 1.26 bits per heavy atom. The molecular weight excluding hydrogens is 454 g/mol. The Balaban J connectivity index is 1.79. The molecule has 3 rings (SSSR count). The van der Waals surface area contributed by atoms with E-state index in [0.717, 1.165) is 30.5 Å². The van der Waals surface area contributed by atoms with Gasteiger partial charge in [0.15, 0.2) is 0 Å². The molecule has 8 nitrogen and oxygen atoms in total. The van der Waals surface area contributed by atoms with Crippen molar-refractivity contribution in [2.75, 3.05) is 44.8 Å². The molecule has 1 saturated heterocycles. The number of hydrogen-bond acceptors (Lipinski definition) is 6. The summed E-state index contributed by atoms with van der Waals surface area (Å²) in [5.74, 6) is 0.0766. The molecule has 1 fully saturated rings. The fraction of sp³-hybridized carbons (Fsp3) is 0.480. The minimum absolute atomic E-state index is 0.264. The number of likely N-dealkylation sites (tertiary alicyclic amines) is 1. The van der Waals surface area contributed by atoms with Crippen LogP contribution in [0.5, 0.6) is 5.75 Å². The number of halogens is 1. The van der Waals surface area contributed by atoms with Crippen molar-refractivity contribution in [3.8, 4) is 5.75 Å². The monoisotopic (exact) mass is 487 g/mol. The Labute approximate surface area is 206 Å². The highest BCUT2D eigenvalue weighted by Crippen LogP contribution is 2.36. The predicted octanol–water partition coefficient (Wildman–Crippen LogP) is 3.76. The average Bonchev–Trinajstić information content (AvgIpc) is 2.79. The first-order valence-corrected chi connectivity index (χ1v) is 12.0. The number of anilines is 2. The fourth-order valence-corrected chi connectivity index (χ4v) is 4.35. The van der Waals surface area contributed by atoms with Crippen LogP contribution in [-0.4, -0.2) is 60.4 Å². The second kappa shape index (κ2) is 11.5. The van der Waals surface area contributed by atoms with Gasteiger partial charge in [0, 0.05) is 18.1 Å². The summed E-state index contributed by atoms with van der Waals surface area (Å²) in [4.78, 5) is 34.0. The number of amides is 2. The van der Waals surface area contributed by atoms with E-state index in [1.165, 1.54) is 6.20 Å². The molecule has 2 atom stereocenters. The standard InChI is InChI=1S/C25H34ClN5O3/c1-5-17-11-20(14-28-23(17)27)29-24(32)25(33)31-15-16(2)6-7-22(31)18-10-19(26)13-21(12-18)34-9-8-30(3)4/h10-14,16,22H,5-9,15H2,1-4H3,(H2,27,28)(H,29,32)/t16-,22+/m0/s1. The molecule has 0 bridgehead atoms. The number of carbonyl (C=O) groups excluding carboxylic acids is 2. The van der Waals surface area contributed by atoms with Crippen LogP contribution in [0.25, 0.3) is 0 Å². The zero-order valence-electron chi connectivity index (χ0n) is 20.3. The molecule has 2 aromatic rings. The summed E-state index contributed by atoms with van der Waals surface area (Å²) in [7, 11) is 3.96. The summed E-state index contributed by atoms with van der Waals surface area (Å²) in [6, 6.07) is 7.01. The van der Waals surface area contributed by atoms with Crippen LogP contribution in [0.1, 0.15) is 43.9 Å². The van der Waals surface area contributed by atoms with Gasteiger partial charge in [-0.2, -0.15) is 0 Å². The molecule has 9 heteroatoms. The van der Waals surface area contributed by atoms with Crippen molar-refractivity contribution in [1.29, 1.82) is 0 Å². The number of nitrogens with zero attached hydrogens (tertiary/aromatic N) is 3. The van der Waals surface area contributed by atoms with Crippen LogP contribution >= 0.6 is 11.6 Å². The Bertz CT molecular complexity index is 1030. The lowest BCUT2D eigenvalue weighted by Gasteiger charge is -2.38. The van der Waals surface area contributed by atoms with E-state index in [0.29, 0.717) is 41.8 Å². The molecule has 1 aromatic heterocycles. The number of hydrogen-bond donors (Lipinski definition) is 2. The van der Waals surface area contributed by atoms with Crippen LogP contribution in [-0.2, 0) is 16.0 Å². The van der Waals surface area contributed by atoms with Gasteiger partial charge in [0.05, 0.1) is 17.9 Å². The first kappa shape index (κ1) is 25.8. The van der Waals surface area contributed by atoms with E-state index in [2.05, 4.69) is 17.2 Å². The lowest BCUT2D eigenvalue weighted by molar-refractivity contribution is -0.146. The number of pyridine rings is 1. The number of rotatable bonds is 7. The Morgan fingerprint density at radius 2 is 2.03 bits per heavy atom. The number of nitrogens with two attached hydrogens (primary N) is 1. The number of likely N-dealkylation sites (N-methyl/N-ethyl adjacent to an activating group) is 1. The van der Waals surface area contributed by atoms with E-state index in [4.69, 9.17) is 22.1 Å². The van der Waals surface area contributed by atoms with Gasteiger partial charge in [-0.05, 0) is 74.7 Å². The van der Waals surface area contributed by atoms with E-state index in [9.17, 15) is 9.59 Å². The number of piperidine rings is 1. The summed E-state index contributed by atoms with van der Waals surface area (Å²) < 4.78 is 5.88. The van der Waals surface area contributed by atoms with E-state index in [1.807, 2.05) is 38.1 Å².